The van der Waals surface area contributed by atoms with Crippen molar-refractivity contribution in [3.63, 3.8) is 0 Å². The molecule has 29 heavy (non-hydrogen) atoms. The summed E-state index contributed by atoms with van der Waals surface area (Å²) in [5, 5.41) is 9.39. The Morgan fingerprint density at radius 2 is 2.00 bits per heavy atom. The van der Waals surface area contributed by atoms with Crippen LogP contribution < -0.4 is 20.7 Å². The molecular weight excluding hydrogens is 401 g/mol. The molecule has 3 N–H and O–H groups in total. The van der Waals surface area contributed by atoms with Gasteiger partial charge in [-0.05, 0) is 50.8 Å². The van der Waals surface area contributed by atoms with Gasteiger partial charge < -0.3 is 20.1 Å². The third kappa shape index (κ3) is 4.20. The lowest BCUT2D eigenvalue weighted by Crippen LogP contribution is -2.84. The zero-order valence-corrected chi connectivity index (χ0v) is 17.0. The van der Waals surface area contributed by atoms with Crippen LogP contribution in [-0.2, 0) is 14.3 Å². The summed E-state index contributed by atoms with van der Waals surface area (Å²) < 4.78 is 24.0. The number of rotatable bonds is 7. The Morgan fingerprint density at radius 3 is 2.69 bits per heavy atom. The minimum absolute atomic E-state index is 0.00486. The molecule has 2 bridgehead atoms. The van der Waals surface area contributed by atoms with E-state index in [1.165, 1.54) is 12.1 Å². The normalized spacial score (nSPS) is 32.5. The topological polar surface area (TPSA) is 88.7 Å². The summed E-state index contributed by atoms with van der Waals surface area (Å²) in [6, 6.07) is 4.05. The van der Waals surface area contributed by atoms with Gasteiger partial charge in [0.1, 0.15) is 17.8 Å². The zero-order chi connectivity index (χ0) is 20.6. The van der Waals surface area contributed by atoms with Gasteiger partial charge in [-0.1, -0.05) is 11.6 Å². The molecule has 1 aromatic carbocycles. The first-order chi connectivity index (χ1) is 13.8. The molecule has 1 aromatic rings. The smallest absolute Gasteiger partial charge is 0.258 e. The lowest BCUT2D eigenvalue weighted by Gasteiger charge is -2.70. The van der Waals surface area contributed by atoms with Crippen LogP contribution in [0.4, 0.5) is 4.39 Å². The first-order valence-corrected chi connectivity index (χ1v) is 10.2. The number of piperidine rings is 1. The van der Waals surface area contributed by atoms with Gasteiger partial charge in [0, 0.05) is 30.2 Å². The van der Waals surface area contributed by atoms with Gasteiger partial charge in [0.05, 0.1) is 5.02 Å². The Balaban J connectivity index is 1.20. The Morgan fingerprint density at radius 1 is 1.28 bits per heavy atom. The lowest BCUT2D eigenvalue weighted by molar-refractivity contribution is -0.153. The van der Waals surface area contributed by atoms with Gasteiger partial charge in [-0.3, -0.25) is 14.9 Å². The van der Waals surface area contributed by atoms with E-state index in [2.05, 4.69) is 16.0 Å². The van der Waals surface area contributed by atoms with E-state index in [4.69, 9.17) is 21.1 Å². The minimum atomic E-state index is -0.591. The standard InChI is InChI=1S/C20H25ClFN3O4/c1-28-17-6-12(4-5-23-17)18(27)25-20-9-19(10-20,11-20)24-16(26)8-29-13-2-3-14(21)15(22)7-13/h2-3,7,12,17,23H,4-6,8-11H2,1H3,(H,24,26)(H,25,27). The highest BCUT2D eigenvalue weighted by atomic mass is 35.5. The number of hydrogen-bond donors (Lipinski definition) is 3. The van der Waals surface area contributed by atoms with Gasteiger partial charge in [-0.15, -0.1) is 0 Å². The van der Waals surface area contributed by atoms with Gasteiger partial charge in [0.2, 0.25) is 5.91 Å². The molecule has 7 nitrogen and oxygen atoms in total. The van der Waals surface area contributed by atoms with Crippen LogP contribution in [0.5, 0.6) is 5.75 Å². The number of ether oxygens (including phenoxy) is 2. The average molecular weight is 426 g/mol. The van der Waals surface area contributed by atoms with Crippen LogP contribution in [-0.4, -0.2) is 49.4 Å². The molecular formula is C20H25ClFN3O4. The summed E-state index contributed by atoms with van der Waals surface area (Å²) in [7, 11) is 1.64. The van der Waals surface area contributed by atoms with Crippen molar-refractivity contribution in [2.45, 2.75) is 49.4 Å². The molecule has 3 aliphatic carbocycles. The second-order valence-corrected chi connectivity index (χ2v) is 8.80. The van der Waals surface area contributed by atoms with Crippen molar-refractivity contribution < 1.29 is 23.5 Å². The number of carbonyl (C=O) groups is 2. The quantitative estimate of drug-likeness (QED) is 0.619. The van der Waals surface area contributed by atoms with E-state index in [1.807, 2.05) is 0 Å². The lowest BCUT2D eigenvalue weighted by atomic mass is 9.44. The second kappa shape index (κ2) is 7.74. The van der Waals surface area contributed by atoms with Crippen LogP contribution in [0.3, 0.4) is 0 Å². The summed E-state index contributed by atoms with van der Waals surface area (Å²) in [6.45, 7) is 0.566. The molecule has 4 aliphatic rings. The summed E-state index contributed by atoms with van der Waals surface area (Å²) in [4.78, 5) is 24.8. The van der Waals surface area contributed by atoms with Crippen molar-refractivity contribution in [1.29, 1.82) is 0 Å². The predicted molar refractivity (Wildman–Crippen MR) is 104 cm³/mol. The predicted octanol–water partition coefficient (Wildman–Crippen LogP) is 1.74. The number of benzene rings is 1. The van der Waals surface area contributed by atoms with Crippen molar-refractivity contribution in [3.8, 4) is 5.75 Å². The van der Waals surface area contributed by atoms with Crippen LogP contribution >= 0.6 is 11.6 Å². The van der Waals surface area contributed by atoms with Gasteiger partial charge >= 0.3 is 0 Å². The fourth-order valence-corrected chi connectivity index (χ4v) is 4.88. The maximum Gasteiger partial charge on any atom is 0.258 e. The van der Waals surface area contributed by atoms with E-state index in [0.717, 1.165) is 38.3 Å². The molecule has 2 atom stereocenters. The third-order valence-electron chi connectivity index (χ3n) is 6.10. The van der Waals surface area contributed by atoms with Crippen LogP contribution in [0.25, 0.3) is 0 Å². The SMILES string of the molecule is COC1CC(C(=O)NC23CC(NC(=O)COc4ccc(Cl)c(F)c4)(C2)C3)CCN1. The van der Waals surface area contributed by atoms with E-state index < -0.39 is 5.82 Å². The molecule has 4 fully saturated rings. The molecule has 2 amide bonds. The Bertz CT molecular complexity index is 801. The van der Waals surface area contributed by atoms with Crippen LogP contribution in [0, 0.1) is 11.7 Å². The van der Waals surface area contributed by atoms with E-state index in [9.17, 15) is 14.0 Å². The number of carbonyl (C=O) groups excluding carboxylic acids is 2. The molecule has 5 rings (SSSR count). The van der Waals surface area contributed by atoms with Crippen molar-refractivity contribution in [1.82, 2.24) is 16.0 Å². The van der Waals surface area contributed by atoms with Crippen molar-refractivity contribution in [2.75, 3.05) is 20.3 Å². The highest BCUT2D eigenvalue weighted by Gasteiger charge is 2.69. The number of methoxy groups -OCH3 is 1. The molecule has 158 valence electrons. The zero-order valence-electron chi connectivity index (χ0n) is 16.2. The monoisotopic (exact) mass is 425 g/mol. The first-order valence-electron chi connectivity index (χ1n) is 9.79. The molecule has 9 heteroatoms. The van der Waals surface area contributed by atoms with E-state index >= 15 is 0 Å². The molecule has 1 saturated heterocycles. The summed E-state index contributed by atoms with van der Waals surface area (Å²) in [5.74, 6) is -0.580. The number of nitrogens with one attached hydrogen (secondary N) is 3. The largest absolute Gasteiger partial charge is 0.484 e. The number of hydrogen-bond acceptors (Lipinski definition) is 5. The highest BCUT2D eigenvalue weighted by Crippen LogP contribution is 2.60. The molecule has 0 radical (unpaired) electrons. The van der Waals surface area contributed by atoms with Gasteiger partial charge in [0.15, 0.2) is 6.61 Å². The third-order valence-corrected chi connectivity index (χ3v) is 6.41. The fraction of sp³-hybridized carbons (Fsp3) is 0.600. The van der Waals surface area contributed by atoms with Crippen LogP contribution in [0.1, 0.15) is 32.1 Å². The highest BCUT2D eigenvalue weighted by molar-refractivity contribution is 6.30. The van der Waals surface area contributed by atoms with Crippen molar-refractivity contribution in [2.24, 2.45) is 5.92 Å². The van der Waals surface area contributed by atoms with Crippen molar-refractivity contribution >= 4 is 23.4 Å². The Labute approximate surface area is 173 Å². The van der Waals surface area contributed by atoms with Crippen LogP contribution in [0.15, 0.2) is 18.2 Å². The van der Waals surface area contributed by atoms with Crippen molar-refractivity contribution in [3.05, 3.63) is 29.0 Å². The average Bonchev–Trinajstić information content (AvgIpc) is 2.66. The van der Waals surface area contributed by atoms with Gasteiger partial charge in [-0.2, -0.15) is 0 Å². The van der Waals surface area contributed by atoms with Crippen LogP contribution in [0.2, 0.25) is 5.02 Å². The molecule has 1 heterocycles. The first kappa shape index (κ1) is 20.4. The maximum atomic E-state index is 13.4. The Hall–Kier alpha value is -1.90. The molecule has 3 saturated carbocycles. The molecule has 0 aromatic heterocycles. The number of halogens is 2. The minimum Gasteiger partial charge on any atom is -0.484 e. The number of amides is 2. The van der Waals surface area contributed by atoms with E-state index in [1.54, 1.807) is 7.11 Å². The summed E-state index contributed by atoms with van der Waals surface area (Å²) in [6.07, 6.45) is 3.57. The fourth-order valence-electron chi connectivity index (χ4n) is 4.76. The van der Waals surface area contributed by atoms with E-state index in [0.29, 0.717) is 6.42 Å². The van der Waals surface area contributed by atoms with Gasteiger partial charge in [-0.25, -0.2) is 4.39 Å². The summed E-state index contributed by atoms with van der Waals surface area (Å²) >= 11 is 5.63. The van der Waals surface area contributed by atoms with Gasteiger partial charge in [0.25, 0.3) is 5.91 Å². The maximum absolute atomic E-state index is 13.4. The second-order valence-electron chi connectivity index (χ2n) is 8.39. The summed E-state index contributed by atoms with van der Waals surface area (Å²) in [5.41, 5.74) is -0.458. The molecule has 2 unspecified atom stereocenters. The molecule has 1 aliphatic heterocycles. The Kier molecular flexibility index (Phi) is 5.44. The molecule has 0 spiro atoms. The van der Waals surface area contributed by atoms with E-state index in [-0.39, 0.29) is 52.4 Å².